The molecule has 6 heteroatoms. The molecule has 2 N–H and O–H groups in total. The molecule has 5 nitrogen and oxygen atoms in total. The average molecular weight is 387 g/mol. The third-order valence-electron chi connectivity index (χ3n) is 5.13. The molecule has 0 radical (unpaired) electrons. The van der Waals surface area contributed by atoms with Gasteiger partial charge in [-0.05, 0) is 41.7 Å². The second kappa shape index (κ2) is 8.23. The van der Waals surface area contributed by atoms with Crippen molar-refractivity contribution in [3.05, 3.63) is 53.6 Å². The fourth-order valence-electron chi connectivity index (χ4n) is 3.60. The number of unbranched alkanes of at least 4 members (excludes halogenated alkanes) is 1. The summed E-state index contributed by atoms with van der Waals surface area (Å²) in [5.41, 5.74) is 1.76. The standard InChI is InChI=1S/C21H26N2O3S/c1-2-3-4-7-16-8-5-10-19-18(16)9-6-11-20(19)21(24)23-14-12-17(13-15-23)27(22,25)26/h4-11,17H,2-3,12-15H2,1H3,(H2,22,25,26)/b7-4+. The summed E-state index contributed by atoms with van der Waals surface area (Å²) in [4.78, 5) is 14.8. The fourth-order valence-corrected chi connectivity index (χ4v) is 4.47. The summed E-state index contributed by atoms with van der Waals surface area (Å²) in [6.07, 6.45) is 7.16. The highest BCUT2D eigenvalue weighted by atomic mass is 32.2. The van der Waals surface area contributed by atoms with Crippen molar-refractivity contribution in [2.24, 2.45) is 5.14 Å². The van der Waals surface area contributed by atoms with E-state index in [1.54, 1.807) is 4.90 Å². The van der Waals surface area contributed by atoms with Crippen LogP contribution >= 0.6 is 0 Å². The molecule has 2 aromatic carbocycles. The maximum absolute atomic E-state index is 13.1. The van der Waals surface area contributed by atoms with Gasteiger partial charge in [0.15, 0.2) is 0 Å². The average Bonchev–Trinajstić information content (AvgIpc) is 2.67. The number of carbonyl (C=O) groups excluding carboxylic acids is 1. The maximum atomic E-state index is 13.1. The summed E-state index contributed by atoms with van der Waals surface area (Å²) < 4.78 is 23.0. The number of primary sulfonamides is 1. The van der Waals surface area contributed by atoms with Gasteiger partial charge in [0.2, 0.25) is 10.0 Å². The van der Waals surface area contributed by atoms with Crippen LogP contribution in [0, 0.1) is 0 Å². The molecule has 1 amide bonds. The first-order valence-electron chi connectivity index (χ1n) is 9.41. The van der Waals surface area contributed by atoms with Crippen molar-refractivity contribution in [1.29, 1.82) is 0 Å². The second-order valence-corrected chi connectivity index (χ2v) is 8.86. The number of hydrogen-bond donors (Lipinski definition) is 1. The molecule has 0 aliphatic carbocycles. The van der Waals surface area contributed by atoms with E-state index in [2.05, 4.69) is 25.1 Å². The van der Waals surface area contributed by atoms with E-state index in [0.29, 0.717) is 31.5 Å². The molecule has 1 fully saturated rings. The summed E-state index contributed by atoms with van der Waals surface area (Å²) >= 11 is 0. The second-order valence-electron chi connectivity index (χ2n) is 7.02. The number of carbonyl (C=O) groups is 1. The van der Waals surface area contributed by atoms with Crippen LogP contribution in [0.25, 0.3) is 16.8 Å². The molecule has 0 atom stereocenters. The van der Waals surface area contributed by atoms with Crippen LogP contribution < -0.4 is 5.14 Å². The van der Waals surface area contributed by atoms with E-state index in [4.69, 9.17) is 5.14 Å². The Morgan fingerprint density at radius 2 is 1.81 bits per heavy atom. The van der Waals surface area contributed by atoms with Gasteiger partial charge in [-0.15, -0.1) is 0 Å². The smallest absolute Gasteiger partial charge is 0.254 e. The van der Waals surface area contributed by atoms with Gasteiger partial charge in [0.1, 0.15) is 0 Å². The molecule has 144 valence electrons. The van der Waals surface area contributed by atoms with E-state index in [9.17, 15) is 13.2 Å². The van der Waals surface area contributed by atoms with E-state index in [-0.39, 0.29) is 5.91 Å². The van der Waals surface area contributed by atoms with Gasteiger partial charge in [0.05, 0.1) is 5.25 Å². The highest BCUT2D eigenvalue weighted by Gasteiger charge is 2.30. The Labute approximate surface area is 160 Å². The number of amides is 1. The molecule has 1 saturated heterocycles. The normalized spacial score (nSPS) is 16.3. The van der Waals surface area contributed by atoms with Crippen molar-refractivity contribution in [2.45, 2.75) is 37.9 Å². The fraction of sp³-hybridized carbons (Fsp3) is 0.381. The Bertz CT molecular complexity index is 959. The number of allylic oxidation sites excluding steroid dienone is 1. The molecule has 3 rings (SSSR count). The monoisotopic (exact) mass is 386 g/mol. The van der Waals surface area contributed by atoms with Crippen LogP contribution in [-0.2, 0) is 10.0 Å². The lowest BCUT2D eigenvalue weighted by molar-refractivity contribution is 0.0727. The van der Waals surface area contributed by atoms with Gasteiger partial charge in [0.25, 0.3) is 5.91 Å². The molecular formula is C21H26N2O3S. The minimum atomic E-state index is -3.54. The largest absolute Gasteiger partial charge is 0.339 e. The number of sulfonamides is 1. The summed E-state index contributed by atoms with van der Waals surface area (Å²) in [5.74, 6) is -0.0526. The first-order valence-corrected chi connectivity index (χ1v) is 11.0. The van der Waals surface area contributed by atoms with Gasteiger partial charge in [-0.25, -0.2) is 13.6 Å². The van der Waals surface area contributed by atoms with Crippen LogP contribution in [0.4, 0.5) is 0 Å². The van der Waals surface area contributed by atoms with Crippen molar-refractivity contribution in [2.75, 3.05) is 13.1 Å². The number of rotatable bonds is 5. The lowest BCUT2D eigenvalue weighted by Gasteiger charge is -2.31. The van der Waals surface area contributed by atoms with Crippen LogP contribution in [0.2, 0.25) is 0 Å². The van der Waals surface area contributed by atoms with Crippen LogP contribution in [0.3, 0.4) is 0 Å². The van der Waals surface area contributed by atoms with Gasteiger partial charge in [-0.2, -0.15) is 0 Å². The molecule has 2 aromatic rings. The molecule has 0 bridgehead atoms. The first kappa shape index (κ1) is 19.6. The van der Waals surface area contributed by atoms with Crippen LogP contribution in [0.5, 0.6) is 0 Å². The topological polar surface area (TPSA) is 80.5 Å². The molecule has 0 aromatic heterocycles. The third kappa shape index (κ3) is 4.39. The summed E-state index contributed by atoms with van der Waals surface area (Å²) in [5, 5.41) is 6.67. The number of nitrogens with zero attached hydrogens (tertiary/aromatic N) is 1. The first-order chi connectivity index (χ1) is 12.9. The quantitative estimate of drug-likeness (QED) is 0.853. The van der Waals surface area contributed by atoms with Gasteiger partial charge in [0, 0.05) is 18.7 Å². The summed E-state index contributed by atoms with van der Waals surface area (Å²) in [6.45, 7) is 2.96. The van der Waals surface area contributed by atoms with E-state index < -0.39 is 15.3 Å². The number of likely N-dealkylation sites (tertiary alicyclic amines) is 1. The van der Waals surface area contributed by atoms with Crippen molar-refractivity contribution >= 4 is 32.8 Å². The van der Waals surface area contributed by atoms with Crippen molar-refractivity contribution < 1.29 is 13.2 Å². The molecule has 27 heavy (non-hydrogen) atoms. The van der Waals surface area contributed by atoms with Crippen LogP contribution in [0.15, 0.2) is 42.5 Å². The highest BCUT2D eigenvalue weighted by Crippen LogP contribution is 2.26. The molecule has 1 heterocycles. The van der Waals surface area contributed by atoms with Crippen molar-refractivity contribution in [1.82, 2.24) is 4.90 Å². The minimum Gasteiger partial charge on any atom is -0.339 e. The summed E-state index contributed by atoms with van der Waals surface area (Å²) in [6, 6.07) is 11.8. The molecule has 0 saturated carbocycles. The number of nitrogens with two attached hydrogens (primary N) is 1. The lowest BCUT2D eigenvalue weighted by Crippen LogP contribution is -2.44. The van der Waals surface area contributed by atoms with Gasteiger partial charge in [-0.3, -0.25) is 4.79 Å². The molecule has 1 aliphatic heterocycles. The molecular weight excluding hydrogens is 360 g/mol. The van der Waals surface area contributed by atoms with Crippen LogP contribution in [-0.4, -0.2) is 37.6 Å². The number of hydrogen-bond acceptors (Lipinski definition) is 3. The Morgan fingerprint density at radius 3 is 2.48 bits per heavy atom. The van der Waals surface area contributed by atoms with E-state index in [1.807, 2.05) is 30.3 Å². The Morgan fingerprint density at radius 1 is 1.15 bits per heavy atom. The number of piperidine rings is 1. The zero-order valence-corrected chi connectivity index (χ0v) is 16.4. The SMILES string of the molecule is CCC/C=C/c1cccc2c(C(=O)N3CCC(S(N)(=O)=O)CC3)cccc12. The van der Waals surface area contributed by atoms with Crippen LogP contribution in [0.1, 0.15) is 48.5 Å². The third-order valence-corrected chi connectivity index (χ3v) is 6.53. The zero-order chi connectivity index (χ0) is 19.4. The van der Waals surface area contributed by atoms with E-state index in [0.717, 1.165) is 29.2 Å². The Hall–Kier alpha value is -2.18. The molecule has 1 aliphatic rings. The van der Waals surface area contributed by atoms with E-state index in [1.165, 1.54) is 0 Å². The minimum absolute atomic E-state index is 0.0526. The van der Waals surface area contributed by atoms with E-state index >= 15 is 0 Å². The molecule has 0 unspecified atom stereocenters. The number of benzene rings is 2. The van der Waals surface area contributed by atoms with Crippen molar-refractivity contribution in [3.8, 4) is 0 Å². The number of fused-ring (bicyclic) bond motifs is 1. The van der Waals surface area contributed by atoms with Gasteiger partial charge < -0.3 is 4.90 Å². The Kier molecular flexibility index (Phi) is 5.97. The summed E-state index contributed by atoms with van der Waals surface area (Å²) in [7, 11) is -3.54. The van der Waals surface area contributed by atoms with Crippen molar-refractivity contribution in [3.63, 3.8) is 0 Å². The predicted octanol–water partition coefficient (Wildman–Crippen LogP) is 3.55. The van der Waals surface area contributed by atoms with Gasteiger partial charge in [-0.1, -0.05) is 55.8 Å². The molecule has 0 spiro atoms. The zero-order valence-electron chi connectivity index (χ0n) is 15.6. The predicted molar refractivity (Wildman–Crippen MR) is 110 cm³/mol. The maximum Gasteiger partial charge on any atom is 0.254 e. The lowest BCUT2D eigenvalue weighted by atomic mass is 9.98. The van der Waals surface area contributed by atoms with Gasteiger partial charge >= 0.3 is 0 Å². The Balaban J connectivity index is 1.87. The highest BCUT2D eigenvalue weighted by molar-refractivity contribution is 7.89.